The third-order valence-corrected chi connectivity index (χ3v) is 4.56. The molecule has 1 unspecified atom stereocenters. The number of ketones is 1. The van der Waals surface area contributed by atoms with Crippen LogP contribution < -0.4 is 0 Å². The van der Waals surface area contributed by atoms with E-state index in [2.05, 4.69) is 36.1 Å². The van der Waals surface area contributed by atoms with E-state index in [1.165, 1.54) is 16.7 Å². The predicted octanol–water partition coefficient (Wildman–Crippen LogP) is 3.24. The van der Waals surface area contributed by atoms with Crippen LogP contribution in [0.15, 0.2) is 29.8 Å². The molecule has 1 saturated heterocycles. The number of benzene rings is 1. The van der Waals surface area contributed by atoms with E-state index in [0.717, 1.165) is 26.1 Å². The number of Topliss-reactive ketones (excluding diaryl/α,β-unsaturated/α-hetero) is 1. The molecule has 0 amide bonds. The molecule has 0 aromatic heterocycles. The molecular weight excluding hydrogens is 234 g/mol. The number of rotatable bonds is 3. The van der Waals surface area contributed by atoms with Crippen LogP contribution in [-0.4, -0.2) is 30.3 Å². The van der Waals surface area contributed by atoms with Gasteiger partial charge in [-0.2, -0.15) is 0 Å². The van der Waals surface area contributed by atoms with Gasteiger partial charge < -0.3 is 4.90 Å². The number of hydrogen-bond donors (Lipinski definition) is 0. The second-order valence-corrected chi connectivity index (χ2v) is 5.79. The minimum absolute atomic E-state index is 0.296. The number of carbonyl (C=O) groups is 1. The normalized spacial score (nSPS) is 22.3. The molecule has 0 saturated carbocycles. The average molecular weight is 255 g/mol. The maximum Gasteiger partial charge on any atom is 0.131 e. The molecule has 1 aliphatic heterocycles. The summed E-state index contributed by atoms with van der Waals surface area (Å²) < 4.78 is 0. The smallest absolute Gasteiger partial charge is 0.131 e. The lowest BCUT2D eigenvalue weighted by molar-refractivity contribution is -0.117. The van der Waals surface area contributed by atoms with Crippen molar-refractivity contribution < 1.29 is 4.79 Å². The number of allylic oxidation sites excluding steroid dienone is 1. The van der Waals surface area contributed by atoms with E-state index in [1.54, 1.807) is 12.5 Å². The first-order valence-corrected chi connectivity index (χ1v) is 7.17. The largest absolute Gasteiger partial charge is 0.302 e. The Bertz CT molecular complexity index is 544. The zero-order chi connectivity index (χ0) is 13.4. The lowest BCUT2D eigenvalue weighted by Gasteiger charge is -2.33. The van der Waals surface area contributed by atoms with E-state index in [-0.39, 0.29) is 0 Å². The highest BCUT2D eigenvalue weighted by Crippen LogP contribution is 2.45. The van der Waals surface area contributed by atoms with Gasteiger partial charge in [-0.05, 0) is 37.0 Å². The average Bonchev–Trinajstić information content (AvgIpc) is 2.71. The summed E-state index contributed by atoms with van der Waals surface area (Å²) in [6.07, 6.45) is 1.84. The quantitative estimate of drug-likeness (QED) is 0.826. The van der Waals surface area contributed by atoms with Gasteiger partial charge in [0.2, 0.25) is 0 Å². The molecule has 3 rings (SSSR count). The molecule has 1 aromatic rings. The minimum atomic E-state index is 0.296. The van der Waals surface area contributed by atoms with Crippen molar-refractivity contribution in [3.63, 3.8) is 0 Å². The van der Waals surface area contributed by atoms with Crippen LogP contribution >= 0.6 is 0 Å². The molecule has 2 heteroatoms. The van der Waals surface area contributed by atoms with Crippen LogP contribution in [0.4, 0.5) is 0 Å². The van der Waals surface area contributed by atoms with Gasteiger partial charge in [-0.15, -0.1) is 0 Å². The Morgan fingerprint density at radius 1 is 1.37 bits per heavy atom. The molecule has 19 heavy (non-hydrogen) atoms. The third kappa shape index (κ3) is 2.25. The first-order valence-electron chi connectivity index (χ1n) is 7.17. The van der Waals surface area contributed by atoms with Crippen LogP contribution in [0, 0.1) is 0 Å². The highest BCUT2D eigenvalue weighted by atomic mass is 16.1. The van der Waals surface area contributed by atoms with Crippen LogP contribution in [0.25, 0.3) is 5.57 Å². The van der Waals surface area contributed by atoms with Crippen LogP contribution in [0.2, 0.25) is 0 Å². The SMILES string of the molecule is CC(=O)CCN1CCC2=C(C)c3ccccc3C2C1. The molecule has 2 aliphatic rings. The summed E-state index contributed by atoms with van der Waals surface area (Å²) in [6, 6.07) is 8.79. The van der Waals surface area contributed by atoms with E-state index >= 15 is 0 Å². The van der Waals surface area contributed by atoms with Gasteiger partial charge in [0.15, 0.2) is 0 Å². The molecule has 0 bridgehead atoms. The van der Waals surface area contributed by atoms with Crippen LogP contribution in [0.3, 0.4) is 0 Å². The summed E-state index contributed by atoms with van der Waals surface area (Å²) in [6.45, 7) is 7.05. The predicted molar refractivity (Wildman–Crippen MR) is 78.1 cm³/mol. The Morgan fingerprint density at radius 2 is 2.16 bits per heavy atom. The molecule has 1 fully saturated rings. The minimum Gasteiger partial charge on any atom is -0.302 e. The molecule has 0 radical (unpaired) electrons. The van der Waals surface area contributed by atoms with Crippen molar-refractivity contribution >= 4 is 11.4 Å². The number of likely N-dealkylation sites (tertiary alicyclic amines) is 1. The van der Waals surface area contributed by atoms with E-state index in [1.807, 2.05) is 0 Å². The summed E-state index contributed by atoms with van der Waals surface area (Å²) in [5.74, 6) is 0.862. The van der Waals surface area contributed by atoms with E-state index < -0.39 is 0 Å². The number of piperidine rings is 1. The van der Waals surface area contributed by atoms with E-state index in [0.29, 0.717) is 18.1 Å². The molecule has 1 aliphatic carbocycles. The topological polar surface area (TPSA) is 20.3 Å². The third-order valence-electron chi connectivity index (χ3n) is 4.56. The second-order valence-electron chi connectivity index (χ2n) is 5.79. The van der Waals surface area contributed by atoms with Crippen molar-refractivity contribution in [2.45, 2.75) is 32.6 Å². The lowest BCUT2D eigenvalue weighted by atomic mass is 9.89. The highest BCUT2D eigenvalue weighted by Gasteiger charge is 2.33. The van der Waals surface area contributed by atoms with Gasteiger partial charge in [0.05, 0.1) is 0 Å². The maximum atomic E-state index is 11.1. The molecule has 100 valence electrons. The molecule has 1 heterocycles. The number of nitrogens with zero attached hydrogens (tertiary/aromatic N) is 1. The fourth-order valence-corrected chi connectivity index (χ4v) is 3.48. The second kappa shape index (κ2) is 4.93. The van der Waals surface area contributed by atoms with Gasteiger partial charge in [0.25, 0.3) is 0 Å². The summed E-state index contributed by atoms with van der Waals surface area (Å²) >= 11 is 0. The molecule has 1 atom stereocenters. The Labute approximate surface area is 115 Å². The first-order chi connectivity index (χ1) is 9.16. The Balaban J connectivity index is 1.80. The van der Waals surface area contributed by atoms with Gasteiger partial charge in [0, 0.05) is 32.0 Å². The number of carbonyl (C=O) groups excluding carboxylic acids is 1. The van der Waals surface area contributed by atoms with Gasteiger partial charge in [0.1, 0.15) is 5.78 Å². The molecule has 0 N–H and O–H groups in total. The molecule has 2 nitrogen and oxygen atoms in total. The van der Waals surface area contributed by atoms with Crippen LogP contribution in [0.5, 0.6) is 0 Å². The van der Waals surface area contributed by atoms with Crippen LogP contribution in [0.1, 0.15) is 43.7 Å². The van der Waals surface area contributed by atoms with Crippen molar-refractivity contribution in [1.82, 2.24) is 4.90 Å². The number of hydrogen-bond acceptors (Lipinski definition) is 2. The summed E-state index contributed by atoms with van der Waals surface area (Å²) in [7, 11) is 0. The van der Waals surface area contributed by atoms with Gasteiger partial charge in [-0.1, -0.05) is 29.8 Å². The fourth-order valence-electron chi connectivity index (χ4n) is 3.48. The molecule has 0 spiro atoms. The standard InChI is InChI=1S/C17H21NO/c1-12(19)7-9-18-10-8-15-13(2)14-5-3-4-6-16(14)17(15)11-18/h3-6,17H,7-11H2,1-2H3. The molecular formula is C17H21NO. The van der Waals surface area contributed by atoms with Crippen molar-refractivity contribution in [3.8, 4) is 0 Å². The van der Waals surface area contributed by atoms with Gasteiger partial charge in [-0.25, -0.2) is 0 Å². The Morgan fingerprint density at radius 3 is 2.95 bits per heavy atom. The van der Waals surface area contributed by atoms with E-state index in [9.17, 15) is 4.79 Å². The zero-order valence-corrected chi connectivity index (χ0v) is 11.8. The Hall–Kier alpha value is -1.41. The number of fused-ring (bicyclic) bond motifs is 3. The van der Waals surface area contributed by atoms with Crippen LogP contribution in [-0.2, 0) is 4.79 Å². The summed E-state index contributed by atoms with van der Waals surface area (Å²) in [4.78, 5) is 13.6. The van der Waals surface area contributed by atoms with E-state index in [4.69, 9.17) is 0 Å². The first kappa shape index (κ1) is 12.6. The van der Waals surface area contributed by atoms with Crippen molar-refractivity contribution in [2.75, 3.05) is 19.6 Å². The fraction of sp³-hybridized carbons (Fsp3) is 0.471. The summed E-state index contributed by atoms with van der Waals surface area (Å²) in [5, 5.41) is 0. The monoisotopic (exact) mass is 255 g/mol. The van der Waals surface area contributed by atoms with Crippen molar-refractivity contribution in [3.05, 3.63) is 41.0 Å². The molecule has 1 aromatic carbocycles. The Kier molecular flexibility index (Phi) is 3.28. The zero-order valence-electron chi connectivity index (χ0n) is 11.8. The van der Waals surface area contributed by atoms with Crippen molar-refractivity contribution in [1.29, 1.82) is 0 Å². The van der Waals surface area contributed by atoms with Gasteiger partial charge in [-0.3, -0.25) is 4.79 Å². The maximum absolute atomic E-state index is 11.1. The highest BCUT2D eigenvalue weighted by molar-refractivity contribution is 5.77. The summed E-state index contributed by atoms with van der Waals surface area (Å²) in [5.41, 5.74) is 6.05. The lowest BCUT2D eigenvalue weighted by Crippen LogP contribution is -2.36. The van der Waals surface area contributed by atoms with Crippen molar-refractivity contribution in [2.24, 2.45) is 0 Å². The van der Waals surface area contributed by atoms with Gasteiger partial charge >= 0.3 is 0 Å².